The predicted octanol–water partition coefficient (Wildman–Crippen LogP) is 1.21. The molecular formula is C12H26N2O2. The highest BCUT2D eigenvalue weighted by Gasteiger charge is 2.09. The van der Waals surface area contributed by atoms with Gasteiger partial charge in [0.05, 0.1) is 6.61 Å². The molecule has 0 radical (unpaired) electrons. The third kappa shape index (κ3) is 6.08. The van der Waals surface area contributed by atoms with Crippen molar-refractivity contribution in [3.63, 3.8) is 0 Å². The maximum absolute atomic E-state index is 11.6. The molecule has 0 rings (SSSR count). The molecule has 4 heteroatoms. The summed E-state index contributed by atoms with van der Waals surface area (Å²) in [7, 11) is 0. The number of likely N-dealkylation sites (N-methyl/N-ethyl adjacent to an activating group) is 2. The molecule has 0 saturated carbocycles. The molecule has 16 heavy (non-hydrogen) atoms. The summed E-state index contributed by atoms with van der Waals surface area (Å²) in [6, 6.07) is 0. The first-order valence-corrected chi connectivity index (χ1v) is 6.27. The monoisotopic (exact) mass is 230 g/mol. The van der Waals surface area contributed by atoms with E-state index in [4.69, 9.17) is 4.74 Å². The fourth-order valence-corrected chi connectivity index (χ4v) is 1.56. The molecule has 96 valence electrons. The molecular weight excluding hydrogens is 204 g/mol. The van der Waals surface area contributed by atoms with E-state index < -0.39 is 0 Å². The first kappa shape index (κ1) is 15.4. The summed E-state index contributed by atoms with van der Waals surface area (Å²) in [6.07, 6.45) is 0. The number of carbonyl (C=O) groups is 1. The predicted molar refractivity (Wildman–Crippen MR) is 66.5 cm³/mol. The molecule has 0 aliphatic carbocycles. The molecule has 0 aliphatic heterocycles. The molecule has 4 nitrogen and oxygen atoms in total. The van der Waals surface area contributed by atoms with Crippen LogP contribution in [0.4, 0.5) is 0 Å². The molecule has 0 fully saturated rings. The zero-order valence-corrected chi connectivity index (χ0v) is 11.2. The van der Waals surface area contributed by atoms with E-state index >= 15 is 0 Å². The quantitative estimate of drug-likeness (QED) is 0.558. The Kier molecular flexibility index (Phi) is 9.24. The number of hydrogen-bond donors (Lipinski definition) is 0. The Morgan fingerprint density at radius 3 is 2.00 bits per heavy atom. The van der Waals surface area contributed by atoms with Crippen LogP contribution in [0.25, 0.3) is 0 Å². The smallest absolute Gasteiger partial charge is 0.248 e. The summed E-state index contributed by atoms with van der Waals surface area (Å²) in [5, 5.41) is 0. The van der Waals surface area contributed by atoms with Gasteiger partial charge in [0.15, 0.2) is 0 Å². The van der Waals surface area contributed by atoms with E-state index in [0.29, 0.717) is 6.61 Å². The van der Waals surface area contributed by atoms with Gasteiger partial charge >= 0.3 is 0 Å². The summed E-state index contributed by atoms with van der Waals surface area (Å²) in [4.78, 5) is 15.6. The Hall–Kier alpha value is -0.610. The van der Waals surface area contributed by atoms with E-state index in [1.54, 1.807) is 4.90 Å². The Balaban J connectivity index is 3.61. The molecule has 0 saturated heterocycles. The molecule has 0 aromatic heterocycles. The Labute approximate surface area is 99.5 Å². The van der Waals surface area contributed by atoms with Crippen molar-refractivity contribution in [1.29, 1.82) is 0 Å². The van der Waals surface area contributed by atoms with Crippen LogP contribution >= 0.6 is 0 Å². The number of ether oxygens (including phenoxy) is 1. The minimum absolute atomic E-state index is 0.0875. The molecule has 0 aromatic rings. The zero-order chi connectivity index (χ0) is 12.4. The molecule has 0 unspecified atom stereocenters. The molecule has 0 bridgehead atoms. The zero-order valence-electron chi connectivity index (χ0n) is 11.2. The van der Waals surface area contributed by atoms with Gasteiger partial charge in [0.25, 0.3) is 0 Å². The fourth-order valence-electron chi connectivity index (χ4n) is 1.56. The summed E-state index contributed by atoms with van der Waals surface area (Å²) in [5.41, 5.74) is 0. The first-order valence-electron chi connectivity index (χ1n) is 6.27. The standard InChI is InChI=1S/C12H26N2O2/c1-5-13(6-2)9-10-16-11-12(15)14(7-3)8-4/h5-11H2,1-4H3. The van der Waals surface area contributed by atoms with Crippen molar-refractivity contribution in [2.75, 3.05) is 45.9 Å². The lowest BCUT2D eigenvalue weighted by Gasteiger charge is -2.20. The highest BCUT2D eigenvalue weighted by atomic mass is 16.5. The van der Waals surface area contributed by atoms with Gasteiger partial charge in [-0.1, -0.05) is 13.8 Å². The SMILES string of the molecule is CCN(CC)CCOCC(=O)N(CC)CC. The van der Waals surface area contributed by atoms with Gasteiger partial charge in [-0.25, -0.2) is 0 Å². The minimum Gasteiger partial charge on any atom is -0.370 e. The summed E-state index contributed by atoms with van der Waals surface area (Å²) in [6.45, 7) is 13.6. The third-order valence-electron chi connectivity index (χ3n) is 2.79. The summed E-state index contributed by atoms with van der Waals surface area (Å²) in [5.74, 6) is 0.0875. The van der Waals surface area contributed by atoms with Gasteiger partial charge < -0.3 is 14.5 Å². The van der Waals surface area contributed by atoms with Crippen LogP contribution in [0.1, 0.15) is 27.7 Å². The second kappa shape index (κ2) is 9.60. The van der Waals surface area contributed by atoms with E-state index in [9.17, 15) is 4.79 Å². The van der Waals surface area contributed by atoms with Gasteiger partial charge in [-0.15, -0.1) is 0 Å². The van der Waals surface area contributed by atoms with Crippen LogP contribution in [0.3, 0.4) is 0 Å². The van der Waals surface area contributed by atoms with Crippen LogP contribution in [0.2, 0.25) is 0 Å². The van der Waals surface area contributed by atoms with E-state index in [0.717, 1.165) is 32.7 Å². The normalized spacial score (nSPS) is 10.8. The minimum atomic E-state index is 0.0875. The highest BCUT2D eigenvalue weighted by molar-refractivity contribution is 5.77. The van der Waals surface area contributed by atoms with Crippen molar-refractivity contribution in [3.8, 4) is 0 Å². The summed E-state index contributed by atoms with van der Waals surface area (Å²) < 4.78 is 5.38. The van der Waals surface area contributed by atoms with Crippen molar-refractivity contribution < 1.29 is 9.53 Å². The lowest BCUT2D eigenvalue weighted by molar-refractivity contribution is -0.135. The largest absolute Gasteiger partial charge is 0.370 e. The van der Waals surface area contributed by atoms with Gasteiger partial charge in [-0.2, -0.15) is 0 Å². The molecule has 0 N–H and O–H groups in total. The number of carbonyl (C=O) groups excluding carboxylic acids is 1. The molecule has 0 aromatic carbocycles. The van der Waals surface area contributed by atoms with Crippen molar-refractivity contribution in [3.05, 3.63) is 0 Å². The summed E-state index contributed by atoms with van der Waals surface area (Å²) >= 11 is 0. The van der Waals surface area contributed by atoms with Crippen molar-refractivity contribution in [2.24, 2.45) is 0 Å². The second-order valence-corrected chi connectivity index (χ2v) is 3.65. The van der Waals surface area contributed by atoms with Gasteiger partial charge in [0.1, 0.15) is 6.61 Å². The van der Waals surface area contributed by atoms with E-state index in [1.807, 2.05) is 13.8 Å². The third-order valence-corrected chi connectivity index (χ3v) is 2.79. The van der Waals surface area contributed by atoms with Crippen LogP contribution in [-0.4, -0.2) is 61.6 Å². The average molecular weight is 230 g/mol. The van der Waals surface area contributed by atoms with Crippen LogP contribution in [-0.2, 0) is 9.53 Å². The molecule has 0 aliphatic rings. The Morgan fingerprint density at radius 2 is 1.56 bits per heavy atom. The van der Waals surface area contributed by atoms with Crippen molar-refractivity contribution in [2.45, 2.75) is 27.7 Å². The van der Waals surface area contributed by atoms with E-state index in [2.05, 4.69) is 18.7 Å². The maximum Gasteiger partial charge on any atom is 0.248 e. The lowest BCUT2D eigenvalue weighted by atomic mass is 10.4. The van der Waals surface area contributed by atoms with Crippen LogP contribution in [0.15, 0.2) is 0 Å². The van der Waals surface area contributed by atoms with Crippen LogP contribution in [0, 0.1) is 0 Å². The molecule has 1 amide bonds. The molecule has 0 spiro atoms. The Morgan fingerprint density at radius 1 is 1.00 bits per heavy atom. The number of rotatable bonds is 9. The molecule has 0 heterocycles. The number of hydrogen-bond acceptors (Lipinski definition) is 3. The van der Waals surface area contributed by atoms with Crippen LogP contribution in [0.5, 0.6) is 0 Å². The number of amides is 1. The number of nitrogens with zero attached hydrogens (tertiary/aromatic N) is 2. The average Bonchev–Trinajstić information content (AvgIpc) is 2.31. The van der Waals surface area contributed by atoms with Crippen molar-refractivity contribution >= 4 is 5.91 Å². The van der Waals surface area contributed by atoms with E-state index in [1.165, 1.54) is 0 Å². The second-order valence-electron chi connectivity index (χ2n) is 3.65. The van der Waals surface area contributed by atoms with Crippen LogP contribution < -0.4 is 0 Å². The topological polar surface area (TPSA) is 32.8 Å². The fraction of sp³-hybridized carbons (Fsp3) is 0.917. The van der Waals surface area contributed by atoms with Gasteiger partial charge in [0, 0.05) is 19.6 Å². The van der Waals surface area contributed by atoms with Crippen molar-refractivity contribution in [1.82, 2.24) is 9.80 Å². The highest BCUT2D eigenvalue weighted by Crippen LogP contribution is 1.91. The van der Waals surface area contributed by atoms with E-state index in [-0.39, 0.29) is 12.5 Å². The first-order chi connectivity index (χ1) is 7.69. The van der Waals surface area contributed by atoms with Gasteiger partial charge in [0.2, 0.25) is 5.91 Å². The lowest BCUT2D eigenvalue weighted by Crippen LogP contribution is -2.34. The Bertz CT molecular complexity index is 178. The van der Waals surface area contributed by atoms with Gasteiger partial charge in [-0.3, -0.25) is 4.79 Å². The van der Waals surface area contributed by atoms with Gasteiger partial charge in [-0.05, 0) is 26.9 Å². The molecule has 0 atom stereocenters. The maximum atomic E-state index is 11.6.